The van der Waals surface area contributed by atoms with Gasteiger partial charge in [0.05, 0.1) is 6.54 Å². The summed E-state index contributed by atoms with van der Waals surface area (Å²) in [7, 11) is 2.04. The van der Waals surface area contributed by atoms with E-state index >= 15 is 0 Å². The second kappa shape index (κ2) is 14.4. The number of halogens is 1. The third-order valence-electron chi connectivity index (χ3n) is 4.95. The number of likely N-dealkylation sites (N-methyl/N-ethyl adjacent to an activating group) is 1. The number of rotatable bonds is 11. The molecule has 0 unspecified atom stereocenters. The first-order valence-corrected chi connectivity index (χ1v) is 10.8. The van der Waals surface area contributed by atoms with Crippen LogP contribution in [0.25, 0.3) is 0 Å². The molecule has 0 amide bonds. The molecule has 0 saturated heterocycles. The van der Waals surface area contributed by atoms with E-state index in [0.717, 1.165) is 56.6 Å². The van der Waals surface area contributed by atoms with Crippen molar-refractivity contribution in [2.45, 2.75) is 26.3 Å². The molecule has 2 aromatic carbocycles. The summed E-state index contributed by atoms with van der Waals surface area (Å²) in [6, 6.07) is 20.3. The van der Waals surface area contributed by atoms with E-state index in [4.69, 9.17) is 9.73 Å². The highest BCUT2D eigenvalue weighted by Crippen LogP contribution is 2.08. The van der Waals surface area contributed by atoms with Crippen LogP contribution in [0.2, 0.25) is 0 Å². The number of nitrogens with one attached hydrogen (secondary N) is 1. The van der Waals surface area contributed by atoms with E-state index in [1.165, 1.54) is 5.56 Å². The van der Waals surface area contributed by atoms with E-state index in [0.29, 0.717) is 6.61 Å². The van der Waals surface area contributed by atoms with Gasteiger partial charge in [-0.25, -0.2) is 0 Å². The zero-order chi connectivity index (χ0) is 21.7. The van der Waals surface area contributed by atoms with Crippen molar-refractivity contribution in [2.24, 2.45) is 4.99 Å². The molecule has 3 aromatic rings. The van der Waals surface area contributed by atoms with Gasteiger partial charge in [-0.1, -0.05) is 55.5 Å². The van der Waals surface area contributed by atoms with Gasteiger partial charge in [0.2, 0.25) is 0 Å². The van der Waals surface area contributed by atoms with Crippen LogP contribution in [0.5, 0.6) is 5.75 Å². The number of nitrogens with zero attached hydrogens (tertiary/aromatic N) is 5. The largest absolute Gasteiger partial charge is 0.492 e. The molecule has 0 aliphatic heterocycles. The van der Waals surface area contributed by atoms with Crippen LogP contribution in [0.3, 0.4) is 0 Å². The Morgan fingerprint density at radius 2 is 1.81 bits per heavy atom. The topological polar surface area (TPSA) is 67.6 Å². The molecule has 1 N–H and O–H groups in total. The molecule has 172 valence electrons. The Balaban J connectivity index is 0.00000363. The molecule has 0 spiro atoms. The highest BCUT2D eigenvalue weighted by molar-refractivity contribution is 14.0. The first-order chi connectivity index (χ1) is 15.3. The Morgan fingerprint density at radius 1 is 1.09 bits per heavy atom. The summed E-state index contributed by atoms with van der Waals surface area (Å²) in [6.07, 6.45) is 3.56. The number of guanidine groups is 1. The zero-order valence-corrected chi connectivity index (χ0v) is 21.2. The molecule has 0 atom stereocenters. The number of ether oxygens (including phenoxy) is 1. The van der Waals surface area contributed by atoms with Gasteiger partial charge in [0.25, 0.3) is 0 Å². The van der Waals surface area contributed by atoms with E-state index in [1.807, 2.05) is 43.4 Å². The molecule has 0 bridgehead atoms. The van der Waals surface area contributed by atoms with Crippen molar-refractivity contribution in [3.05, 3.63) is 78.4 Å². The molecule has 8 heteroatoms. The van der Waals surface area contributed by atoms with Crippen LogP contribution in [0.15, 0.2) is 72.0 Å². The standard InChI is InChI=1S/C24H32N6O.HI/c1-3-23-28-27-20-30(23)17-16-26-24(25-15-14-21-10-6-4-7-11-21)29(2)18-19-31-22-12-8-5-9-13-22;/h4-13,20H,3,14-19H2,1-2H3,(H,25,26);1H. The van der Waals surface area contributed by atoms with Crippen molar-refractivity contribution in [1.29, 1.82) is 0 Å². The Morgan fingerprint density at radius 3 is 2.53 bits per heavy atom. The van der Waals surface area contributed by atoms with Crippen LogP contribution >= 0.6 is 24.0 Å². The molecule has 0 saturated carbocycles. The molecule has 3 rings (SSSR count). The zero-order valence-electron chi connectivity index (χ0n) is 18.9. The van der Waals surface area contributed by atoms with Gasteiger partial charge in [0, 0.05) is 33.1 Å². The van der Waals surface area contributed by atoms with Gasteiger partial charge in [-0.2, -0.15) is 0 Å². The number of benzene rings is 2. The van der Waals surface area contributed by atoms with E-state index in [2.05, 4.69) is 56.2 Å². The third-order valence-corrected chi connectivity index (χ3v) is 4.95. The van der Waals surface area contributed by atoms with E-state index in [9.17, 15) is 0 Å². The minimum absolute atomic E-state index is 0. The molecule has 32 heavy (non-hydrogen) atoms. The maximum atomic E-state index is 5.85. The van der Waals surface area contributed by atoms with Crippen molar-refractivity contribution >= 4 is 29.9 Å². The van der Waals surface area contributed by atoms with Gasteiger partial charge in [-0.05, 0) is 24.1 Å². The molecule has 7 nitrogen and oxygen atoms in total. The Bertz CT molecular complexity index is 917. The molecular weight excluding hydrogens is 515 g/mol. The highest BCUT2D eigenvalue weighted by Gasteiger charge is 2.08. The van der Waals surface area contributed by atoms with Crippen molar-refractivity contribution in [3.63, 3.8) is 0 Å². The second-order valence-electron chi connectivity index (χ2n) is 7.24. The summed E-state index contributed by atoms with van der Waals surface area (Å²) in [5.74, 6) is 2.75. The molecule has 1 heterocycles. The van der Waals surface area contributed by atoms with Gasteiger partial charge in [-0.15, -0.1) is 34.2 Å². The predicted molar refractivity (Wildman–Crippen MR) is 140 cm³/mol. The summed E-state index contributed by atoms with van der Waals surface area (Å²) in [5, 5.41) is 11.6. The smallest absolute Gasteiger partial charge is 0.193 e. The summed E-state index contributed by atoms with van der Waals surface area (Å²) < 4.78 is 7.93. The van der Waals surface area contributed by atoms with Crippen LogP contribution < -0.4 is 10.1 Å². The van der Waals surface area contributed by atoms with Gasteiger partial charge >= 0.3 is 0 Å². The van der Waals surface area contributed by atoms with E-state index in [-0.39, 0.29) is 24.0 Å². The van der Waals surface area contributed by atoms with Gasteiger partial charge < -0.3 is 19.5 Å². The molecule has 1 aromatic heterocycles. The monoisotopic (exact) mass is 548 g/mol. The molecular formula is C24H33IN6O. The Labute approximate surface area is 207 Å². The minimum Gasteiger partial charge on any atom is -0.492 e. The van der Waals surface area contributed by atoms with Crippen LogP contribution in [-0.2, 0) is 19.4 Å². The Hall–Kier alpha value is -2.62. The van der Waals surface area contributed by atoms with Crippen LogP contribution in [0.4, 0.5) is 0 Å². The lowest BCUT2D eigenvalue weighted by molar-refractivity contribution is 0.281. The first kappa shape index (κ1) is 25.6. The predicted octanol–water partition coefficient (Wildman–Crippen LogP) is 3.66. The summed E-state index contributed by atoms with van der Waals surface area (Å²) in [4.78, 5) is 6.95. The van der Waals surface area contributed by atoms with Gasteiger partial charge in [0.1, 0.15) is 24.5 Å². The summed E-state index contributed by atoms with van der Waals surface area (Å²) in [5.41, 5.74) is 1.29. The summed E-state index contributed by atoms with van der Waals surface area (Å²) in [6.45, 7) is 5.68. The lowest BCUT2D eigenvalue weighted by atomic mass is 10.2. The maximum absolute atomic E-state index is 5.85. The van der Waals surface area contributed by atoms with E-state index < -0.39 is 0 Å². The van der Waals surface area contributed by atoms with Gasteiger partial charge in [-0.3, -0.25) is 4.99 Å². The minimum atomic E-state index is 0. The van der Waals surface area contributed by atoms with Crippen LogP contribution in [0, 0.1) is 0 Å². The highest BCUT2D eigenvalue weighted by atomic mass is 127. The molecule has 0 aliphatic carbocycles. The number of para-hydroxylation sites is 1. The third kappa shape index (κ3) is 8.49. The van der Waals surface area contributed by atoms with Gasteiger partial charge in [0.15, 0.2) is 5.96 Å². The molecule has 0 fully saturated rings. The quantitative estimate of drug-likeness (QED) is 0.225. The average Bonchev–Trinajstić information content (AvgIpc) is 3.27. The SMILES string of the molecule is CCc1nncn1CCNC(=NCCc1ccccc1)N(C)CCOc1ccccc1.I. The van der Waals surface area contributed by atoms with Crippen molar-refractivity contribution < 1.29 is 4.74 Å². The van der Waals surface area contributed by atoms with E-state index in [1.54, 1.807) is 6.33 Å². The fraction of sp³-hybridized carbons (Fsp3) is 0.375. The number of aliphatic imine (C=N–C) groups is 1. The van der Waals surface area contributed by atoms with Crippen molar-refractivity contribution in [1.82, 2.24) is 25.0 Å². The van der Waals surface area contributed by atoms with Crippen molar-refractivity contribution in [2.75, 3.05) is 33.3 Å². The fourth-order valence-corrected chi connectivity index (χ4v) is 3.20. The number of aryl methyl sites for hydroxylation is 1. The Kier molecular flexibility index (Phi) is 11.6. The normalized spacial score (nSPS) is 11.0. The first-order valence-electron chi connectivity index (χ1n) is 10.8. The van der Waals surface area contributed by atoms with Crippen LogP contribution in [0.1, 0.15) is 18.3 Å². The average molecular weight is 548 g/mol. The second-order valence-corrected chi connectivity index (χ2v) is 7.24. The summed E-state index contributed by atoms with van der Waals surface area (Å²) >= 11 is 0. The number of aromatic nitrogens is 3. The number of hydrogen-bond acceptors (Lipinski definition) is 4. The molecule has 0 radical (unpaired) electrons. The number of hydrogen-bond donors (Lipinski definition) is 1. The maximum Gasteiger partial charge on any atom is 0.193 e. The lowest BCUT2D eigenvalue weighted by Gasteiger charge is -2.23. The van der Waals surface area contributed by atoms with Crippen LogP contribution in [-0.4, -0.2) is 58.9 Å². The van der Waals surface area contributed by atoms with Crippen molar-refractivity contribution in [3.8, 4) is 5.75 Å². The fourth-order valence-electron chi connectivity index (χ4n) is 3.20. The lowest BCUT2D eigenvalue weighted by Crippen LogP contribution is -2.42. The molecule has 0 aliphatic rings.